The van der Waals surface area contributed by atoms with Gasteiger partial charge in [0.05, 0.1) is 5.69 Å². The molecule has 2 rings (SSSR count). The van der Waals surface area contributed by atoms with Crippen molar-refractivity contribution >= 4 is 0 Å². The second kappa shape index (κ2) is 3.79. The van der Waals surface area contributed by atoms with E-state index >= 15 is 0 Å². The smallest absolute Gasteiger partial charge is 0.123 e. The van der Waals surface area contributed by atoms with Crippen LogP contribution in [0.1, 0.15) is 29.4 Å². The van der Waals surface area contributed by atoms with E-state index in [1.165, 1.54) is 17.7 Å². The highest BCUT2D eigenvalue weighted by atomic mass is 15.2. The van der Waals surface area contributed by atoms with E-state index in [9.17, 15) is 0 Å². The number of nitrogens with one attached hydrogen (secondary N) is 1. The third kappa shape index (κ3) is 1.50. The molecule has 0 fully saturated rings. The first kappa shape index (κ1) is 9.20. The van der Waals surface area contributed by atoms with Crippen molar-refractivity contribution in [2.45, 2.75) is 25.3 Å². The van der Waals surface area contributed by atoms with Crippen molar-refractivity contribution in [3.63, 3.8) is 0 Å². The fourth-order valence-electron chi connectivity index (χ4n) is 1.82. The van der Waals surface area contributed by atoms with Gasteiger partial charge in [-0.25, -0.2) is 5.43 Å². The van der Waals surface area contributed by atoms with E-state index in [-0.39, 0.29) is 6.04 Å². The van der Waals surface area contributed by atoms with E-state index in [4.69, 9.17) is 12.3 Å². The molecule has 0 spiro atoms. The molecule has 3 nitrogen and oxygen atoms in total. The van der Waals surface area contributed by atoms with E-state index in [0.29, 0.717) is 0 Å². The zero-order chi connectivity index (χ0) is 9.97. The minimum Gasteiger partial charge on any atom is -0.270 e. The molecule has 1 unspecified atom stereocenters. The van der Waals surface area contributed by atoms with Gasteiger partial charge >= 0.3 is 0 Å². The number of hydrazine groups is 1. The summed E-state index contributed by atoms with van der Waals surface area (Å²) in [7, 11) is 0. The largest absolute Gasteiger partial charge is 0.270 e. The number of hydrogen-bond donors (Lipinski definition) is 2. The van der Waals surface area contributed by atoms with Gasteiger partial charge in [-0.3, -0.25) is 10.8 Å². The van der Waals surface area contributed by atoms with Crippen LogP contribution in [0.5, 0.6) is 0 Å². The number of aryl methyl sites for hydroxylation is 2. The number of nitrogens with zero attached hydrogens (tertiary/aromatic N) is 1. The number of hydrogen-bond acceptors (Lipinski definition) is 3. The third-order valence-corrected chi connectivity index (χ3v) is 2.58. The normalized spacial score (nSPS) is 16.0. The Bertz CT molecular complexity index is 379. The number of nitrogens with two attached hydrogens (primary N) is 1. The second-order valence-electron chi connectivity index (χ2n) is 3.46. The SMILES string of the molecule is C#CC(NN)c1ccc2c(n1)CCC2. The molecule has 0 aliphatic heterocycles. The van der Waals surface area contributed by atoms with E-state index in [1.807, 2.05) is 6.07 Å². The minimum atomic E-state index is -0.277. The molecule has 1 aliphatic carbocycles. The highest BCUT2D eigenvalue weighted by Crippen LogP contribution is 2.21. The molecule has 0 aromatic carbocycles. The van der Waals surface area contributed by atoms with Crippen molar-refractivity contribution in [2.24, 2.45) is 5.84 Å². The predicted octanol–water partition coefficient (Wildman–Crippen LogP) is 0.708. The fraction of sp³-hybridized carbons (Fsp3) is 0.364. The van der Waals surface area contributed by atoms with Gasteiger partial charge in [0.1, 0.15) is 6.04 Å². The number of terminal acetylenes is 1. The number of rotatable bonds is 2. The summed E-state index contributed by atoms with van der Waals surface area (Å²) in [5.41, 5.74) is 5.93. The molecule has 0 amide bonds. The van der Waals surface area contributed by atoms with Crippen molar-refractivity contribution in [3.05, 3.63) is 29.1 Å². The van der Waals surface area contributed by atoms with Crippen LogP contribution in [0.4, 0.5) is 0 Å². The first-order valence-corrected chi connectivity index (χ1v) is 4.76. The maximum Gasteiger partial charge on any atom is 0.123 e. The summed E-state index contributed by atoms with van der Waals surface area (Å²) in [4.78, 5) is 4.51. The van der Waals surface area contributed by atoms with Crippen molar-refractivity contribution in [3.8, 4) is 12.3 Å². The standard InChI is InChI=1S/C11H13N3/c1-2-9(14-12)11-7-6-8-4-3-5-10(8)13-11/h1,6-7,9,14H,3-5,12H2. The highest BCUT2D eigenvalue weighted by Gasteiger charge is 2.15. The molecule has 1 aromatic heterocycles. The molecule has 0 bridgehead atoms. The third-order valence-electron chi connectivity index (χ3n) is 2.58. The molecule has 0 saturated carbocycles. The molecule has 14 heavy (non-hydrogen) atoms. The van der Waals surface area contributed by atoms with Gasteiger partial charge in [0.15, 0.2) is 0 Å². The van der Waals surface area contributed by atoms with Gasteiger partial charge in [-0.05, 0) is 30.9 Å². The molecule has 1 atom stereocenters. The maximum absolute atomic E-state index is 5.33. The van der Waals surface area contributed by atoms with Crippen LogP contribution in [0.25, 0.3) is 0 Å². The average molecular weight is 187 g/mol. The van der Waals surface area contributed by atoms with Crippen molar-refractivity contribution < 1.29 is 0 Å². The molecule has 3 heteroatoms. The number of pyridine rings is 1. The van der Waals surface area contributed by atoms with E-state index in [0.717, 1.165) is 18.5 Å². The molecule has 0 saturated heterocycles. The lowest BCUT2D eigenvalue weighted by molar-refractivity contribution is 0.653. The van der Waals surface area contributed by atoms with Gasteiger partial charge in [-0.2, -0.15) is 0 Å². The summed E-state index contributed by atoms with van der Waals surface area (Å²) in [5, 5.41) is 0. The summed E-state index contributed by atoms with van der Waals surface area (Å²) in [6.45, 7) is 0. The molecular weight excluding hydrogens is 174 g/mol. The fourth-order valence-corrected chi connectivity index (χ4v) is 1.82. The van der Waals surface area contributed by atoms with Gasteiger partial charge in [0.2, 0.25) is 0 Å². The summed E-state index contributed by atoms with van der Waals surface area (Å²) in [6, 6.07) is 3.78. The Balaban J connectivity index is 2.33. The van der Waals surface area contributed by atoms with Crippen LogP contribution >= 0.6 is 0 Å². The van der Waals surface area contributed by atoms with Crippen molar-refractivity contribution in [1.82, 2.24) is 10.4 Å². The average Bonchev–Trinajstić information content (AvgIpc) is 2.66. The lowest BCUT2D eigenvalue weighted by Crippen LogP contribution is -2.27. The molecule has 72 valence electrons. The van der Waals surface area contributed by atoms with E-state index in [2.05, 4.69) is 22.4 Å². The Hall–Kier alpha value is -1.37. The Kier molecular flexibility index (Phi) is 2.49. The molecule has 0 radical (unpaired) electrons. The van der Waals surface area contributed by atoms with Gasteiger partial charge < -0.3 is 0 Å². The van der Waals surface area contributed by atoms with Crippen LogP contribution in [0.2, 0.25) is 0 Å². The zero-order valence-electron chi connectivity index (χ0n) is 7.96. The predicted molar refractivity (Wildman–Crippen MR) is 55.2 cm³/mol. The first-order chi connectivity index (χ1) is 6.85. The van der Waals surface area contributed by atoms with E-state index < -0.39 is 0 Å². The van der Waals surface area contributed by atoms with Gasteiger partial charge in [0.25, 0.3) is 0 Å². The lowest BCUT2D eigenvalue weighted by atomic mass is 10.1. The topological polar surface area (TPSA) is 50.9 Å². The van der Waals surface area contributed by atoms with Crippen molar-refractivity contribution in [1.29, 1.82) is 0 Å². The Morgan fingerprint density at radius 2 is 2.36 bits per heavy atom. The van der Waals surface area contributed by atoms with Gasteiger partial charge in [0, 0.05) is 5.69 Å². The van der Waals surface area contributed by atoms with Crippen LogP contribution in [0.15, 0.2) is 12.1 Å². The molecule has 3 N–H and O–H groups in total. The number of fused-ring (bicyclic) bond motifs is 1. The van der Waals surface area contributed by atoms with Crippen LogP contribution < -0.4 is 11.3 Å². The Morgan fingerprint density at radius 3 is 3.07 bits per heavy atom. The van der Waals surface area contributed by atoms with E-state index in [1.54, 1.807) is 0 Å². The summed E-state index contributed by atoms with van der Waals surface area (Å²) >= 11 is 0. The number of aromatic nitrogens is 1. The van der Waals surface area contributed by atoms with Crippen LogP contribution in [0, 0.1) is 12.3 Å². The highest BCUT2D eigenvalue weighted by molar-refractivity contribution is 5.30. The molecular formula is C11H13N3. The maximum atomic E-state index is 5.33. The summed E-state index contributed by atoms with van der Waals surface area (Å²) in [6.07, 6.45) is 8.72. The summed E-state index contributed by atoms with van der Waals surface area (Å²) in [5.74, 6) is 7.89. The van der Waals surface area contributed by atoms with Crippen molar-refractivity contribution in [2.75, 3.05) is 0 Å². The molecule has 1 aromatic rings. The van der Waals surface area contributed by atoms with Gasteiger partial charge in [-0.1, -0.05) is 12.0 Å². The molecule has 1 aliphatic rings. The van der Waals surface area contributed by atoms with Crippen LogP contribution in [0.3, 0.4) is 0 Å². The van der Waals surface area contributed by atoms with Gasteiger partial charge in [-0.15, -0.1) is 6.42 Å². The quantitative estimate of drug-likeness (QED) is 0.407. The zero-order valence-corrected chi connectivity index (χ0v) is 7.96. The molecule has 1 heterocycles. The summed E-state index contributed by atoms with van der Waals surface area (Å²) < 4.78 is 0. The lowest BCUT2D eigenvalue weighted by Gasteiger charge is -2.09. The van der Waals surface area contributed by atoms with Crippen LogP contribution in [-0.4, -0.2) is 4.98 Å². The Morgan fingerprint density at radius 1 is 1.50 bits per heavy atom. The second-order valence-corrected chi connectivity index (χ2v) is 3.46. The minimum absolute atomic E-state index is 0.277. The first-order valence-electron chi connectivity index (χ1n) is 4.76. The van der Waals surface area contributed by atoms with Crippen LogP contribution in [-0.2, 0) is 12.8 Å². The monoisotopic (exact) mass is 187 g/mol. The Labute approximate surface area is 83.7 Å².